The van der Waals surface area contributed by atoms with Crippen LogP contribution in [0.3, 0.4) is 0 Å². The molecule has 0 radical (unpaired) electrons. The zero-order chi connectivity index (χ0) is 17.9. The first-order valence-corrected chi connectivity index (χ1v) is 9.14. The second-order valence-corrected chi connectivity index (χ2v) is 10.0. The Bertz CT molecular complexity index is 512. The number of alkyl halides is 1. The van der Waals surface area contributed by atoms with Crippen LogP contribution in [-0.4, -0.2) is 16.9 Å². The molecule has 0 saturated heterocycles. The van der Waals surface area contributed by atoms with Gasteiger partial charge in [-0.05, 0) is 57.9 Å². The van der Waals surface area contributed by atoms with Gasteiger partial charge in [0.25, 0.3) is 0 Å². The lowest BCUT2D eigenvalue weighted by atomic mass is 9.62. The van der Waals surface area contributed by atoms with Gasteiger partial charge < -0.3 is 4.74 Å². The second-order valence-electron chi connectivity index (χ2n) is 7.96. The molecule has 0 N–H and O–H groups in total. The topological polar surface area (TPSA) is 26.3 Å². The first-order valence-electron chi connectivity index (χ1n) is 8.34. The molecule has 0 aliphatic heterocycles. The molecule has 130 valence electrons. The SMILES string of the molecule is CCOC(=O)C(C)(C)C(C)(C)CC(c1ccccc1)C(C)(C)Br. The Morgan fingerprint density at radius 3 is 2.04 bits per heavy atom. The van der Waals surface area contributed by atoms with Gasteiger partial charge in [0, 0.05) is 4.32 Å². The van der Waals surface area contributed by atoms with Crippen molar-refractivity contribution in [3.63, 3.8) is 0 Å². The van der Waals surface area contributed by atoms with Gasteiger partial charge in [0.15, 0.2) is 0 Å². The van der Waals surface area contributed by atoms with E-state index in [1.807, 2.05) is 26.8 Å². The van der Waals surface area contributed by atoms with Gasteiger partial charge in [-0.2, -0.15) is 0 Å². The molecular formula is C20H31BrO2. The normalized spacial score (nSPS) is 14.4. The summed E-state index contributed by atoms with van der Waals surface area (Å²) in [5, 5.41) is 0. The van der Waals surface area contributed by atoms with Crippen LogP contribution in [0.25, 0.3) is 0 Å². The third-order valence-corrected chi connectivity index (χ3v) is 5.78. The van der Waals surface area contributed by atoms with Gasteiger partial charge in [0.1, 0.15) is 0 Å². The molecule has 23 heavy (non-hydrogen) atoms. The minimum atomic E-state index is -0.547. The summed E-state index contributed by atoms with van der Waals surface area (Å²) in [5.74, 6) is 0.177. The van der Waals surface area contributed by atoms with Crippen molar-refractivity contribution in [2.24, 2.45) is 10.8 Å². The number of carbonyl (C=O) groups is 1. The van der Waals surface area contributed by atoms with E-state index in [1.54, 1.807) is 0 Å². The number of carbonyl (C=O) groups excluding carboxylic acids is 1. The molecule has 1 aromatic rings. The van der Waals surface area contributed by atoms with Crippen molar-refractivity contribution < 1.29 is 9.53 Å². The van der Waals surface area contributed by atoms with E-state index >= 15 is 0 Å². The van der Waals surface area contributed by atoms with Crippen LogP contribution in [0.15, 0.2) is 30.3 Å². The highest BCUT2D eigenvalue weighted by molar-refractivity contribution is 9.10. The van der Waals surface area contributed by atoms with Crippen LogP contribution in [0.5, 0.6) is 0 Å². The lowest BCUT2D eigenvalue weighted by Gasteiger charge is -2.44. The molecule has 0 aliphatic rings. The van der Waals surface area contributed by atoms with Gasteiger partial charge in [-0.25, -0.2) is 0 Å². The second kappa shape index (κ2) is 7.38. The summed E-state index contributed by atoms with van der Waals surface area (Å²) in [6.07, 6.45) is 0.890. The number of esters is 1. The third-order valence-electron chi connectivity index (χ3n) is 5.22. The van der Waals surface area contributed by atoms with Crippen LogP contribution in [0, 0.1) is 10.8 Å². The maximum absolute atomic E-state index is 12.4. The molecule has 1 aromatic carbocycles. The molecule has 3 heteroatoms. The average Bonchev–Trinajstić information content (AvgIpc) is 2.44. The van der Waals surface area contributed by atoms with E-state index in [4.69, 9.17) is 4.74 Å². The average molecular weight is 383 g/mol. The van der Waals surface area contributed by atoms with Crippen LogP contribution >= 0.6 is 15.9 Å². The molecule has 0 spiro atoms. The zero-order valence-corrected chi connectivity index (χ0v) is 17.2. The Hall–Kier alpha value is -0.830. The van der Waals surface area contributed by atoms with Gasteiger partial charge in [0.05, 0.1) is 12.0 Å². The maximum Gasteiger partial charge on any atom is 0.312 e. The van der Waals surface area contributed by atoms with Gasteiger partial charge >= 0.3 is 5.97 Å². The van der Waals surface area contributed by atoms with Crippen molar-refractivity contribution in [3.8, 4) is 0 Å². The molecule has 0 aliphatic carbocycles. The molecule has 0 heterocycles. The number of hydrogen-bond donors (Lipinski definition) is 0. The summed E-state index contributed by atoms with van der Waals surface area (Å²) in [5.41, 5.74) is 0.543. The summed E-state index contributed by atoms with van der Waals surface area (Å²) in [4.78, 5) is 12.4. The minimum absolute atomic E-state index is 0.0592. The fourth-order valence-corrected chi connectivity index (χ4v) is 3.22. The van der Waals surface area contributed by atoms with Crippen molar-refractivity contribution in [2.75, 3.05) is 6.61 Å². The van der Waals surface area contributed by atoms with E-state index in [9.17, 15) is 4.79 Å². The van der Waals surface area contributed by atoms with Crippen molar-refractivity contribution in [1.82, 2.24) is 0 Å². The Labute approximate surface area is 150 Å². The van der Waals surface area contributed by atoms with E-state index in [2.05, 4.69) is 67.9 Å². The molecule has 0 amide bonds. The lowest BCUT2D eigenvalue weighted by Crippen LogP contribution is -2.43. The maximum atomic E-state index is 12.4. The van der Waals surface area contributed by atoms with E-state index in [0.29, 0.717) is 12.5 Å². The molecule has 1 rings (SSSR count). The zero-order valence-electron chi connectivity index (χ0n) is 15.6. The molecular weight excluding hydrogens is 352 g/mol. The molecule has 1 unspecified atom stereocenters. The third kappa shape index (κ3) is 4.82. The molecule has 0 saturated carbocycles. The van der Waals surface area contributed by atoms with Crippen molar-refractivity contribution in [2.45, 2.75) is 65.1 Å². The Kier molecular flexibility index (Phi) is 6.48. The molecule has 1 atom stereocenters. The Morgan fingerprint density at radius 1 is 1.09 bits per heavy atom. The highest BCUT2D eigenvalue weighted by Crippen LogP contribution is 2.50. The number of ether oxygens (including phenoxy) is 1. The molecule has 0 aromatic heterocycles. The van der Waals surface area contributed by atoms with E-state index in [0.717, 1.165) is 6.42 Å². The van der Waals surface area contributed by atoms with Crippen molar-refractivity contribution >= 4 is 21.9 Å². The monoisotopic (exact) mass is 382 g/mol. The highest BCUT2D eigenvalue weighted by atomic mass is 79.9. The number of hydrogen-bond acceptors (Lipinski definition) is 2. The number of benzene rings is 1. The van der Waals surface area contributed by atoms with Crippen LogP contribution in [0.1, 0.15) is 66.4 Å². The first-order chi connectivity index (χ1) is 10.4. The van der Waals surface area contributed by atoms with Crippen LogP contribution in [0.2, 0.25) is 0 Å². The van der Waals surface area contributed by atoms with Gasteiger partial charge in [-0.15, -0.1) is 0 Å². The lowest BCUT2D eigenvalue weighted by molar-refractivity contribution is -0.161. The Balaban J connectivity index is 3.14. The van der Waals surface area contributed by atoms with Crippen LogP contribution in [0.4, 0.5) is 0 Å². The predicted octanol–water partition coefficient (Wildman–Crippen LogP) is 5.95. The summed E-state index contributed by atoms with van der Waals surface area (Å²) in [7, 11) is 0. The van der Waals surface area contributed by atoms with Gasteiger partial charge in [0.2, 0.25) is 0 Å². The van der Waals surface area contributed by atoms with E-state index in [1.165, 1.54) is 5.56 Å². The van der Waals surface area contributed by atoms with E-state index < -0.39 is 5.41 Å². The van der Waals surface area contributed by atoms with Gasteiger partial charge in [-0.3, -0.25) is 4.79 Å². The largest absolute Gasteiger partial charge is 0.466 e. The van der Waals surface area contributed by atoms with Crippen molar-refractivity contribution in [3.05, 3.63) is 35.9 Å². The smallest absolute Gasteiger partial charge is 0.312 e. The predicted molar refractivity (Wildman–Crippen MR) is 101 cm³/mol. The fourth-order valence-electron chi connectivity index (χ4n) is 2.80. The fraction of sp³-hybridized carbons (Fsp3) is 0.650. The summed E-state index contributed by atoms with van der Waals surface area (Å²) in [6.45, 7) is 15.0. The van der Waals surface area contributed by atoms with Gasteiger partial charge in [-0.1, -0.05) is 60.1 Å². The number of halogens is 1. The highest BCUT2D eigenvalue weighted by Gasteiger charge is 2.47. The summed E-state index contributed by atoms with van der Waals surface area (Å²) < 4.78 is 5.26. The molecule has 2 nitrogen and oxygen atoms in total. The van der Waals surface area contributed by atoms with Crippen LogP contribution in [-0.2, 0) is 9.53 Å². The van der Waals surface area contributed by atoms with Crippen LogP contribution < -0.4 is 0 Å². The molecule has 0 fully saturated rings. The minimum Gasteiger partial charge on any atom is -0.466 e. The van der Waals surface area contributed by atoms with E-state index in [-0.39, 0.29) is 15.7 Å². The quantitative estimate of drug-likeness (QED) is 0.430. The molecule has 0 bridgehead atoms. The van der Waals surface area contributed by atoms with Crippen molar-refractivity contribution in [1.29, 1.82) is 0 Å². The summed E-state index contributed by atoms with van der Waals surface area (Å²) >= 11 is 3.85. The Morgan fingerprint density at radius 2 is 1.61 bits per heavy atom. The number of rotatable bonds is 7. The summed E-state index contributed by atoms with van der Waals surface area (Å²) in [6, 6.07) is 10.5. The first kappa shape index (κ1) is 20.2. The standard InChI is InChI=1S/C20H31BrO2/c1-8-23-17(22)19(4,5)18(2,3)14-16(20(6,7)21)15-12-10-9-11-13-15/h9-13,16H,8,14H2,1-7H3.